The summed E-state index contributed by atoms with van der Waals surface area (Å²) in [5, 5.41) is 31.4. The Balaban J connectivity index is 1.65. The Labute approximate surface area is 202 Å². The van der Waals surface area contributed by atoms with Crippen molar-refractivity contribution in [2.75, 3.05) is 0 Å². The summed E-state index contributed by atoms with van der Waals surface area (Å²) in [7, 11) is 0. The fourth-order valence-corrected chi connectivity index (χ4v) is 3.74. The number of nitrogens with one attached hydrogen (secondary N) is 1. The number of aromatic hydroxyl groups is 1. The van der Waals surface area contributed by atoms with E-state index in [9.17, 15) is 19.8 Å². The van der Waals surface area contributed by atoms with Crippen LogP contribution in [0.3, 0.4) is 0 Å². The Hall–Kier alpha value is -4.46. The van der Waals surface area contributed by atoms with E-state index in [4.69, 9.17) is 0 Å². The number of carbonyl (C=O) groups is 1. The Bertz CT molecular complexity index is 1500. The molecular formula is C27H26N4O4. The summed E-state index contributed by atoms with van der Waals surface area (Å²) in [5.74, 6) is -1.62. The molecule has 0 aliphatic carbocycles. The molecule has 0 spiro atoms. The molecule has 1 heterocycles. The third kappa shape index (κ3) is 4.63. The van der Waals surface area contributed by atoms with Crippen LogP contribution < -0.4 is 5.56 Å². The Kier molecular flexibility index (Phi) is 6.38. The number of azo groups is 1. The standard InChI is InChI=1S/C27H26N4O4/c1-15-8-13-21(14-16(15)2)31-26(33)24(18(4)30-31)29-28-23-7-5-6-22(25(23)32)20-11-9-19(10-12-20)17(3)27(34)35/h5-14,17,30,32H,1-4H3,(H,34,35)/t17-/m0/s1. The predicted molar refractivity (Wildman–Crippen MR) is 134 cm³/mol. The summed E-state index contributed by atoms with van der Waals surface area (Å²) in [4.78, 5) is 24.2. The summed E-state index contributed by atoms with van der Waals surface area (Å²) in [6, 6.07) is 17.8. The van der Waals surface area contributed by atoms with Crippen LogP contribution in [0.2, 0.25) is 0 Å². The minimum atomic E-state index is -0.903. The minimum Gasteiger partial charge on any atom is -0.505 e. The van der Waals surface area contributed by atoms with Crippen molar-refractivity contribution in [3.05, 3.63) is 93.4 Å². The maximum absolute atomic E-state index is 13.0. The van der Waals surface area contributed by atoms with Gasteiger partial charge in [-0.2, -0.15) is 0 Å². The van der Waals surface area contributed by atoms with Crippen LogP contribution in [-0.2, 0) is 4.79 Å². The van der Waals surface area contributed by atoms with Crippen LogP contribution in [0, 0.1) is 20.8 Å². The van der Waals surface area contributed by atoms with Crippen LogP contribution in [-0.4, -0.2) is 26.0 Å². The normalized spacial score (nSPS) is 12.2. The van der Waals surface area contributed by atoms with Crippen molar-refractivity contribution >= 4 is 17.3 Å². The van der Waals surface area contributed by atoms with Crippen molar-refractivity contribution < 1.29 is 15.0 Å². The molecule has 0 bridgehead atoms. The maximum Gasteiger partial charge on any atom is 0.310 e. The highest BCUT2D eigenvalue weighted by Gasteiger charge is 2.16. The highest BCUT2D eigenvalue weighted by atomic mass is 16.4. The molecule has 0 fully saturated rings. The fraction of sp³-hybridized carbons (Fsp3) is 0.185. The largest absolute Gasteiger partial charge is 0.505 e. The average molecular weight is 471 g/mol. The number of H-pyrrole nitrogens is 1. The second-order valence-corrected chi connectivity index (χ2v) is 8.55. The first-order valence-electron chi connectivity index (χ1n) is 11.1. The number of benzene rings is 3. The first kappa shape index (κ1) is 23.7. The van der Waals surface area contributed by atoms with Gasteiger partial charge in [-0.3, -0.25) is 14.7 Å². The maximum atomic E-state index is 13.0. The molecule has 178 valence electrons. The van der Waals surface area contributed by atoms with Gasteiger partial charge >= 0.3 is 5.97 Å². The van der Waals surface area contributed by atoms with Crippen LogP contribution in [0.5, 0.6) is 5.75 Å². The van der Waals surface area contributed by atoms with Crippen molar-refractivity contribution in [2.24, 2.45) is 10.2 Å². The highest BCUT2D eigenvalue weighted by Crippen LogP contribution is 2.38. The predicted octanol–water partition coefficient (Wildman–Crippen LogP) is 6.07. The zero-order valence-corrected chi connectivity index (χ0v) is 19.9. The summed E-state index contributed by atoms with van der Waals surface area (Å²) >= 11 is 0. The minimum absolute atomic E-state index is 0.0852. The number of aromatic amines is 1. The molecule has 0 amide bonds. The molecule has 0 radical (unpaired) electrons. The average Bonchev–Trinajstić information content (AvgIpc) is 3.13. The molecule has 1 atom stereocenters. The van der Waals surface area contributed by atoms with Crippen molar-refractivity contribution in [1.82, 2.24) is 9.78 Å². The number of phenols is 1. The van der Waals surface area contributed by atoms with Gasteiger partial charge in [0, 0.05) is 5.56 Å². The number of nitrogens with zero attached hydrogens (tertiary/aromatic N) is 3. The SMILES string of the molecule is Cc1ccc(-n2[nH]c(C)c(N=Nc3cccc(-c4ccc([C@H](C)C(=O)O)cc4)c3O)c2=O)cc1C. The van der Waals surface area contributed by atoms with Gasteiger partial charge in [0.15, 0.2) is 11.4 Å². The van der Waals surface area contributed by atoms with Gasteiger partial charge in [0.2, 0.25) is 0 Å². The molecule has 0 aliphatic heterocycles. The summed E-state index contributed by atoms with van der Waals surface area (Å²) in [5.41, 5.74) is 5.37. The molecule has 4 rings (SSSR count). The topological polar surface area (TPSA) is 120 Å². The lowest BCUT2D eigenvalue weighted by atomic mass is 9.97. The third-order valence-corrected chi connectivity index (χ3v) is 6.15. The van der Waals surface area contributed by atoms with Gasteiger partial charge < -0.3 is 10.2 Å². The molecule has 3 N–H and O–H groups in total. The Morgan fingerprint density at radius 3 is 2.34 bits per heavy atom. The molecule has 3 aromatic carbocycles. The number of phenolic OH excluding ortho intramolecular Hbond substituents is 1. The number of hydrogen-bond acceptors (Lipinski definition) is 5. The van der Waals surface area contributed by atoms with Crippen LogP contribution in [0.4, 0.5) is 11.4 Å². The number of carboxylic acids is 1. The van der Waals surface area contributed by atoms with E-state index < -0.39 is 11.9 Å². The van der Waals surface area contributed by atoms with Crippen LogP contribution in [0.15, 0.2) is 75.7 Å². The molecule has 0 saturated heterocycles. The first-order valence-corrected chi connectivity index (χ1v) is 11.1. The molecule has 1 aromatic heterocycles. The molecule has 8 heteroatoms. The van der Waals surface area contributed by atoms with Crippen LogP contribution in [0.25, 0.3) is 16.8 Å². The van der Waals surface area contributed by atoms with E-state index in [2.05, 4.69) is 15.3 Å². The second-order valence-electron chi connectivity index (χ2n) is 8.55. The van der Waals surface area contributed by atoms with Gasteiger partial charge in [-0.1, -0.05) is 42.5 Å². The van der Waals surface area contributed by atoms with Gasteiger partial charge in [-0.05, 0) is 68.1 Å². The van der Waals surface area contributed by atoms with Crippen molar-refractivity contribution in [3.8, 4) is 22.6 Å². The van der Waals surface area contributed by atoms with Crippen molar-refractivity contribution in [1.29, 1.82) is 0 Å². The number of aryl methyl sites for hydroxylation is 3. The molecule has 0 aliphatic rings. The van der Waals surface area contributed by atoms with Gasteiger partial charge in [0.25, 0.3) is 5.56 Å². The van der Waals surface area contributed by atoms with E-state index in [-0.39, 0.29) is 22.7 Å². The van der Waals surface area contributed by atoms with E-state index in [1.54, 1.807) is 56.3 Å². The quantitative estimate of drug-likeness (QED) is 0.296. The van der Waals surface area contributed by atoms with Gasteiger partial charge in [-0.15, -0.1) is 10.2 Å². The fourth-order valence-electron chi connectivity index (χ4n) is 3.74. The zero-order valence-electron chi connectivity index (χ0n) is 19.9. The number of aliphatic carboxylic acids is 1. The van der Waals surface area contributed by atoms with E-state index in [0.29, 0.717) is 28.1 Å². The molecule has 0 unspecified atom stereocenters. The van der Waals surface area contributed by atoms with Gasteiger partial charge in [0.05, 0.1) is 17.3 Å². The number of aromatic nitrogens is 2. The van der Waals surface area contributed by atoms with Crippen molar-refractivity contribution in [2.45, 2.75) is 33.6 Å². The summed E-state index contributed by atoms with van der Waals surface area (Å²) in [6.07, 6.45) is 0. The summed E-state index contributed by atoms with van der Waals surface area (Å²) < 4.78 is 1.42. The molecule has 35 heavy (non-hydrogen) atoms. The van der Waals surface area contributed by atoms with E-state index in [1.165, 1.54) is 4.68 Å². The van der Waals surface area contributed by atoms with E-state index in [0.717, 1.165) is 11.1 Å². The second kappa shape index (κ2) is 9.42. The number of para-hydroxylation sites is 1. The third-order valence-electron chi connectivity index (χ3n) is 6.15. The smallest absolute Gasteiger partial charge is 0.310 e. The summed E-state index contributed by atoms with van der Waals surface area (Å²) in [6.45, 7) is 7.35. The van der Waals surface area contributed by atoms with E-state index in [1.807, 2.05) is 32.0 Å². The van der Waals surface area contributed by atoms with Crippen LogP contribution in [0.1, 0.15) is 35.2 Å². The number of hydrogen-bond donors (Lipinski definition) is 3. The lowest BCUT2D eigenvalue weighted by Crippen LogP contribution is -2.14. The zero-order chi connectivity index (χ0) is 25.3. The number of rotatable bonds is 6. The highest BCUT2D eigenvalue weighted by molar-refractivity contribution is 5.78. The molecular weight excluding hydrogens is 444 g/mol. The molecule has 0 saturated carbocycles. The van der Waals surface area contributed by atoms with Gasteiger partial charge in [0.1, 0.15) is 5.69 Å². The lowest BCUT2D eigenvalue weighted by molar-refractivity contribution is -0.138. The Morgan fingerprint density at radius 1 is 0.971 bits per heavy atom. The monoisotopic (exact) mass is 470 g/mol. The molecule has 4 aromatic rings. The van der Waals surface area contributed by atoms with E-state index >= 15 is 0 Å². The van der Waals surface area contributed by atoms with Crippen molar-refractivity contribution in [3.63, 3.8) is 0 Å². The van der Waals surface area contributed by atoms with Crippen LogP contribution >= 0.6 is 0 Å². The number of carboxylic acid groups (broad SMARTS) is 1. The molecule has 8 nitrogen and oxygen atoms in total. The lowest BCUT2D eigenvalue weighted by Gasteiger charge is -2.10. The Morgan fingerprint density at radius 2 is 1.69 bits per heavy atom. The first-order chi connectivity index (χ1) is 16.7. The van der Waals surface area contributed by atoms with Gasteiger partial charge in [-0.25, -0.2) is 4.68 Å².